The fourth-order valence-electron chi connectivity index (χ4n) is 1.36. The molecular formula is C13H25NO4. The standard InChI is InChI=1S/C13H25NO4/c1-7-17-10(15)8-14-11(9(2)3)12(16)18-13(4,5)6/h9,11,14H,7-8H2,1-6H3. The molecule has 0 bridgehead atoms. The lowest BCUT2D eigenvalue weighted by atomic mass is 10.0. The summed E-state index contributed by atoms with van der Waals surface area (Å²) >= 11 is 0. The third-order valence-corrected chi connectivity index (χ3v) is 2.10. The molecule has 0 aliphatic heterocycles. The van der Waals surface area contributed by atoms with Gasteiger partial charge in [-0.15, -0.1) is 0 Å². The highest BCUT2D eigenvalue weighted by atomic mass is 16.6. The maximum atomic E-state index is 11.9. The Morgan fingerprint density at radius 1 is 1.22 bits per heavy atom. The van der Waals surface area contributed by atoms with Crippen LogP contribution in [0.15, 0.2) is 0 Å². The van der Waals surface area contributed by atoms with E-state index >= 15 is 0 Å². The van der Waals surface area contributed by atoms with Gasteiger partial charge in [0.05, 0.1) is 13.2 Å². The van der Waals surface area contributed by atoms with Crippen molar-refractivity contribution in [2.24, 2.45) is 5.92 Å². The van der Waals surface area contributed by atoms with Crippen molar-refractivity contribution in [3.8, 4) is 0 Å². The van der Waals surface area contributed by atoms with Gasteiger partial charge in [-0.25, -0.2) is 0 Å². The highest BCUT2D eigenvalue weighted by Gasteiger charge is 2.27. The van der Waals surface area contributed by atoms with Crippen LogP contribution in [-0.2, 0) is 19.1 Å². The molecule has 0 aromatic heterocycles. The number of carbonyl (C=O) groups excluding carboxylic acids is 2. The fourth-order valence-corrected chi connectivity index (χ4v) is 1.36. The third kappa shape index (κ3) is 7.27. The Labute approximate surface area is 109 Å². The van der Waals surface area contributed by atoms with Crippen LogP contribution in [0.3, 0.4) is 0 Å². The zero-order chi connectivity index (χ0) is 14.3. The summed E-state index contributed by atoms with van der Waals surface area (Å²) in [6, 6.07) is -0.506. The van der Waals surface area contributed by atoms with Gasteiger partial charge in [-0.1, -0.05) is 13.8 Å². The Morgan fingerprint density at radius 2 is 1.78 bits per heavy atom. The highest BCUT2D eigenvalue weighted by molar-refractivity contribution is 5.78. The second-order valence-corrected chi connectivity index (χ2v) is 5.44. The van der Waals surface area contributed by atoms with Crippen molar-refractivity contribution >= 4 is 11.9 Å². The zero-order valence-corrected chi connectivity index (χ0v) is 12.2. The SMILES string of the molecule is CCOC(=O)CNC(C(=O)OC(C)(C)C)C(C)C. The summed E-state index contributed by atoms with van der Waals surface area (Å²) in [5.74, 6) is -0.678. The summed E-state index contributed by atoms with van der Waals surface area (Å²) in [6.07, 6.45) is 0. The maximum absolute atomic E-state index is 11.9. The monoisotopic (exact) mass is 259 g/mol. The second kappa shape index (κ2) is 7.36. The Kier molecular flexibility index (Phi) is 6.91. The summed E-state index contributed by atoms with van der Waals surface area (Å²) in [6.45, 7) is 11.3. The average Bonchev–Trinajstić information content (AvgIpc) is 2.14. The second-order valence-electron chi connectivity index (χ2n) is 5.44. The normalized spacial score (nSPS) is 13.3. The minimum Gasteiger partial charge on any atom is -0.465 e. The van der Waals surface area contributed by atoms with Gasteiger partial charge in [0.1, 0.15) is 11.6 Å². The Balaban J connectivity index is 4.39. The number of esters is 2. The molecule has 0 fully saturated rings. The summed E-state index contributed by atoms with van der Waals surface area (Å²) in [5, 5.41) is 2.88. The van der Waals surface area contributed by atoms with Crippen molar-refractivity contribution in [1.29, 1.82) is 0 Å². The minimum atomic E-state index is -0.532. The quantitative estimate of drug-likeness (QED) is 0.732. The summed E-state index contributed by atoms with van der Waals surface area (Å²) in [7, 11) is 0. The van der Waals surface area contributed by atoms with E-state index in [2.05, 4.69) is 5.32 Å². The largest absolute Gasteiger partial charge is 0.465 e. The van der Waals surface area contributed by atoms with Crippen LogP contribution in [0.4, 0.5) is 0 Å². The van der Waals surface area contributed by atoms with E-state index in [0.29, 0.717) is 6.61 Å². The molecule has 5 heteroatoms. The lowest BCUT2D eigenvalue weighted by Crippen LogP contribution is -2.46. The average molecular weight is 259 g/mol. The van der Waals surface area contributed by atoms with Gasteiger partial charge < -0.3 is 9.47 Å². The third-order valence-electron chi connectivity index (χ3n) is 2.10. The summed E-state index contributed by atoms with van der Waals surface area (Å²) < 4.78 is 10.1. The first-order valence-corrected chi connectivity index (χ1v) is 6.29. The van der Waals surface area contributed by atoms with Crippen LogP contribution < -0.4 is 5.32 Å². The van der Waals surface area contributed by atoms with Gasteiger partial charge in [-0.2, -0.15) is 0 Å². The Morgan fingerprint density at radius 3 is 2.17 bits per heavy atom. The van der Waals surface area contributed by atoms with Crippen molar-refractivity contribution in [2.75, 3.05) is 13.2 Å². The minimum absolute atomic E-state index is 0.00985. The molecule has 0 aliphatic carbocycles. The summed E-state index contributed by atoms with van der Waals surface area (Å²) in [4.78, 5) is 23.2. The van der Waals surface area contributed by atoms with E-state index in [1.807, 2.05) is 34.6 Å². The first-order valence-electron chi connectivity index (χ1n) is 6.29. The van der Waals surface area contributed by atoms with Crippen molar-refractivity contribution in [1.82, 2.24) is 5.32 Å². The number of ether oxygens (including phenoxy) is 2. The van der Waals surface area contributed by atoms with Crippen LogP contribution >= 0.6 is 0 Å². The van der Waals surface area contributed by atoms with Crippen LogP contribution in [-0.4, -0.2) is 36.7 Å². The first kappa shape index (κ1) is 16.9. The molecule has 0 heterocycles. The van der Waals surface area contributed by atoms with E-state index in [4.69, 9.17) is 9.47 Å². The maximum Gasteiger partial charge on any atom is 0.323 e. The lowest BCUT2D eigenvalue weighted by molar-refractivity contribution is -0.159. The molecule has 0 radical (unpaired) electrons. The molecule has 0 aromatic rings. The topological polar surface area (TPSA) is 64.6 Å². The molecule has 1 N–H and O–H groups in total. The van der Waals surface area contributed by atoms with Gasteiger partial charge in [-0.3, -0.25) is 14.9 Å². The van der Waals surface area contributed by atoms with Crippen molar-refractivity contribution in [3.63, 3.8) is 0 Å². The molecule has 0 rings (SSSR count). The lowest BCUT2D eigenvalue weighted by Gasteiger charge is -2.26. The zero-order valence-electron chi connectivity index (χ0n) is 12.2. The molecule has 1 unspecified atom stereocenters. The van der Waals surface area contributed by atoms with Gasteiger partial charge in [0.15, 0.2) is 0 Å². The highest BCUT2D eigenvalue weighted by Crippen LogP contribution is 2.12. The van der Waals surface area contributed by atoms with Crippen LogP contribution in [0.5, 0.6) is 0 Å². The number of rotatable bonds is 6. The first-order chi connectivity index (χ1) is 8.17. The van der Waals surface area contributed by atoms with Crippen molar-refractivity contribution in [2.45, 2.75) is 53.2 Å². The molecule has 0 saturated carbocycles. The molecule has 0 aromatic carbocycles. The summed E-state index contributed by atoms with van der Waals surface area (Å²) in [5.41, 5.74) is -0.532. The number of hydrogen-bond donors (Lipinski definition) is 1. The van der Waals surface area contributed by atoms with Gasteiger partial charge >= 0.3 is 11.9 Å². The van der Waals surface area contributed by atoms with E-state index in [1.54, 1.807) is 6.92 Å². The van der Waals surface area contributed by atoms with Crippen LogP contribution in [0.2, 0.25) is 0 Å². The Bertz CT molecular complexity index is 281. The van der Waals surface area contributed by atoms with Crippen molar-refractivity contribution in [3.05, 3.63) is 0 Å². The predicted molar refractivity (Wildman–Crippen MR) is 69.1 cm³/mol. The molecular weight excluding hydrogens is 234 g/mol. The molecule has 0 amide bonds. The molecule has 0 saturated heterocycles. The molecule has 106 valence electrons. The van der Waals surface area contributed by atoms with E-state index in [1.165, 1.54) is 0 Å². The van der Waals surface area contributed by atoms with E-state index < -0.39 is 11.6 Å². The van der Waals surface area contributed by atoms with Crippen LogP contribution in [0, 0.1) is 5.92 Å². The number of nitrogens with one attached hydrogen (secondary N) is 1. The van der Waals surface area contributed by atoms with Gasteiger partial charge in [0.2, 0.25) is 0 Å². The van der Waals surface area contributed by atoms with Gasteiger partial charge in [0.25, 0.3) is 0 Å². The number of carbonyl (C=O) groups is 2. The van der Waals surface area contributed by atoms with E-state index in [0.717, 1.165) is 0 Å². The predicted octanol–water partition coefficient (Wildman–Crippen LogP) is 1.51. The molecule has 0 aliphatic rings. The fraction of sp³-hybridized carbons (Fsp3) is 0.846. The number of hydrogen-bond acceptors (Lipinski definition) is 5. The van der Waals surface area contributed by atoms with Crippen LogP contribution in [0.1, 0.15) is 41.5 Å². The molecule has 18 heavy (non-hydrogen) atoms. The Hall–Kier alpha value is -1.10. The van der Waals surface area contributed by atoms with E-state index in [-0.39, 0.29) is 24.4 Å². The van der Waals surface area contributed by atoms with Crippen molar-refractivity contribution < 1.29 is 19.1 Å². The molecule has 0 spiro atoms. The van der Waals surface area contributed by atoms with E-state index in [9.17, 15) is 9.59 Å². The van der Waals surface area contributed by atoms with Crippen LogP contribution in [0.25, 0.3) is 0 Å². The molecule has 5 nitrogen and oxygen atoms in total. The van der Waals surface area contributed by atoms with Gasteiger partial charge in [0, 0.05) is 0 Å². The molecule has 1 atom stereocenters. The smallest absolute Gasteiger partial charge is 0.323 e. The van der Waals surface area contributed by atoms with Gasteiger partial charge in [-0.05, 0) is 33.6 Å².